The summed E-state index contributed by atoms with van der Waals surface area (Å²) in [5, 5.41) is 12.3. The maximum atomic E-state index is 10.6. The number of hydrogen-bond donors (Lipinski definition) is 2. The van der Waals surface area contributed by atoms with Gasteiger partial charge in [-0.3, -0.25) is 5.32 Å². The molecule has 0 spiro atoms. The Hall–Kier alpha value is 0.850. The van der Waals surface area contributed by atoms with E-state index in [1.54, 1.807) is 0 Å². The van der Waals surface area contributed by atoms with Crippen LogP contribution in [0.15, 0.2) is 0 Å². The molecule has 74 valence electrons. The van der Waals surface area contributed by atoms with Crippen LogP contribution >= 0.6 is 0 Å². The fraction of sp³-hybridized carbons (Fsp3) is 0.889. The molecule has 0 aromatic heterocycles. The van der Waals surface area contributed by atoms with Gasteiger partial charge in [0.15, 0.2) is 0 Å². The topological polar surface area (TPSA) is 49.3 Å². The number of carbonyl (C=O) groups excluding carboxylic acids is 1. The van der Waals surface area contributed by atoms with Crippen LogP contribution in [0, 0.1) is 11.8 Å². The second kappa shape index (κ2) is 6.36. The molecule has 4 unspecified atom stereocenters. The Morgan fingerprint density at radius 2 is 2.38 bits per heavy atom. The Morgan fingerprint density at radius 1 is 1.77 bits per heavy atom. The zero-order valence-corrected chi connectivity index (χ0v) is 10.6. The summed E-state index contributed by atoms with van der Waals surface area (Å²) in [6.45, 7) is 4.20. The predicted octanol–water partition coefficient (Wildman–Crippen LogP) is 0.372. The van der Waals surface area contributed by atoms with Crippen molar-refractivity contribution in [3.8, 4) is 0 Å². The molecule has 1 saturated heterocycles. The van der Waals surface area contributed by atoms with Crippen molar-refractivity contribution in [2.45, 2.75) is 39.0 Å². The number of aliphatic hydroxyl groups is 1. The summed E-state index contributed by atoms with van der Waals surface area (Å²) >= 11 is 0. The van der Waals surface area contributed by atoms with Crippen molar-refractivity contribution in [2.75, 3.05) is 0 Å². The zero-order chi connectivity index (χ0) is 9.14. The van der Waals surface area contributed by atoms with Gasteiger partial charge in [0, 0.05) is 12.0 Å². The summed E-state index contributed by atoms with van der Waals surface area (Å²) in [4.78, 5) is 10.6. The molecule has 13 heavy (non-hydrogen) atoms. The Balaban J connectivity index is -0.000000480. The van der Waals surface area contributed by atoms with Gasteiger partial charge in [-0.05, 0) is 12.3 Å². The van der Waals surface area contributed by atoms with E-state index in [1.165, 1.54) is 0 Å². The van der Waals surface area contributed by atoms with E-state index in [9.17, 15) is 9.90 Å². The summed E-state index contributed by atoms with van der Waals surface area (Å²) in [5.74, 6) is 0.451. The molecule has 0 amide bonds. The van der Waals surface area contributed by atoms with Gasteiger partial charge in [-0.15, -0.1) is 0 Å². The van der Waals surface area contributed by atoms with Crippen LogP contribution in [0.2, 0.25) is 0 Å². The van der Waals surface area contributed by atoms with Gasteiger partial charge in [-0.1, -0.05) is 20.3 Å². The standard InChI is InChI=1S/C9H17NO2.Ca.2H/c1-3-6(2)9-7(5-11)4-8(12)10-9;;;/h5-10,12H,3-4H2,1-2H3;;;/q;+2;2*-1. The molecule has 1 fully saturated rings. The monoisotopic (exact) mass is 213 g/mol. The van der Waals surface area contributed by atoms with Crippen LogP contribution in [0.25, 0.3) is 0 Å². The number of carbonyl (C=O) groups is 1. The molecule has 3 nitrogen and oxygen atoms in total. The molecule has 1 rings (SSSR count). The van der Waals surface area contributed by atoms with Gasteiger partial charge in [-0.2, -0.15) is 0 Å². The Kier molecular flexibility index (Phi) is 6.77. The van der Waals surface area contributed by atoms with Gasteiger partial charge in [0.25, 0.3) is 0 Å². The van der Waals surface area contributed by atoms with Crippen molar-refractivity contribution in [1.82, 2.24) is 5.32 Å². The number of nitrogens with one attached hydrogen (secondary N) is 1. The molecule has 2 N–H and O–H groups in total. The SMILES string of the molecule is CCC(C)C1NC(O)CC1C=O.[Ca+2].[H-].[H-]. The number of hydrogen-bond acceptors (Lipinski definition) is 3. The van der Waals surface area contributed by atoms with Crippen molar-refractivity contribution >= 4 is 44.0 Å². The minimum atomic E-state index is -0.487. The van der Waals surface area contributed by atoms with E-state index in [2.05, 4.69) is 19.2 Å². The molecule has 1 heterocycles. The van der Waals surface area contributed by atoms with Crippen molar-refractivity contribution in [3.63, 3.8) is 0 Å². The van der Waals surface area contributed by atoms with Crippen LogP contribution in [0.5, 0.6) is 0 Å². The van der Waals surface area contributed by atoms with Gasteiger partial charge in [0.1, 0.15) is 12.5 Å². The fourth-order valence-electron chi connectivity index (χ4n) is 1.80. The van der Waals surface area contributed by atoms with Gasteiger partial charge in [0.2, 0.25) is 0 Å². The van der Waals surface area contributed by atoms with Gasteiger partial charge in [-0.25, -0.2) is 0 Å². The second-order valence-electron chi connectivity index (χ2n) is 3.63. The minimum Gasteiger partial charge on any atom is -1.00 e. The first kappa shape index (κ1) is 13.8. The van der Waals surface area contributed by atoms with Gasteiger partial charge in [0.05, 0.1) is 0 Å². The summed E-state index contributed by atoms with van der Waals surface area (Å²) in [6.07, 6.45) is 2.08. The number of aliphatic hydroxyl groups excluding tert-OH is 1. The molecule has 4 heteroatoms. The maximum absolute atomic E-state index is 10.6. The maximum Gasteiger partial charge on any atom is 2.00 e. The van der Waals surface area contributed by atoms with E-state index in [0.717, 1.165) is 12.7 Å². The third kappa shape index (κ3) is 3.48. The van der Waals surface area contributed by atoms with Crippen LogP contribution in [0.3, 0.4) is 0 Å². The van der Waals surface area contributed by atoms with Gasteiger partial charge < -0.3 is 12.8 Å². The first-order valence-corrected chi connectivity index (χ1v) is 4.58. The average molecular weight is 213 g/mol. The van der Waals surface area contributed by atoms with E-state index in [4.69, 9.17) is 0 Å². The molecule has 0 bridgehead atoms. The zero-order valence-electron chi connectivity index (χ0n) is 10.4. The molecule has 4 atom stereocenters. The van der Waals surface area contributed by atoms with Crippen LogP contribution in [-0.4, -0.2) is 61.4 Å². The number of aldehydes is 1. The van der Waals surface area contributed by atoms with Crippen LogP contribution in [0.1, 0.15) is 29.5 Å². The van der Waals surface area contributed by atoms with Crippen molar-refractivity contribution in [2.24, 2.45) is 11.8 Å². The van der Waals surface area contributed by atoms with E-state index in [1.807, 2.05) is 0 Å². The Labute approximate surface area is 112 Å². The van der Waals surface area contributed by atoms with Crippen LogP contribution in [-0.2, 0) is 4.79 Å². The Bertz CT molecular complexity index is 174. The molecule has 0 aliphatic carbocycles. The van der Waals surface area contributed by atoms with Crippen LogP contribution < -0.4 is 5.32 Å². The molecule has 1 aliphatic rings. The summed E-state index contributed by atoms with van der Waals surface area (Å²) in [6, 6.07) is 0.169. The normalized spacial score (nSPS) is 35.2. The average Bonchev–Trinajstić information content (AvgIpc) is 2.45. The molecule has 1 aliphatic heterocycles. The van der Waals surface area contributed by atoms with Crippen molar-refractivity contribution in [1.29, 1.82) is 0 Å². The predicted molar refractivity (Wildman–Crippen MR) is 54.5 cm³/mol. The van der Waals surface area contributed by atoms with E-state index in [-0.39, 0.29) is 52.6 Å². The third-order valence-corrected chi connectivity index (χ3v) is 2.77. The quantitative estimate of drug-likeness (QED) is 0.526. The summed E-state index contributed by atoms with van der Waals surface area (Å²) in [5.41, 5.74) is 0. The second-order valence-corrected chi connectivity index (χ2v) is 3.63. The molecule has 0 aromatic carbocycles. The molecule has 0 saturated carbocycles. The molecule has 0 radical (unpaired) electrons. The largest absolute Gasteiger partial charge is 2.00 e. The van der Waals surface area contributed by atoms with Gasteiger partial charge >= 0.3 is 37.7 Å². The fourth-order valence-corrected chi connectivity index (χ4v) is 1.80. The first-order valence-electron chi connectivity index (χ1n) is 4.58. The van der Waals surface area contributed by atoms with Crippen LogP contribution in [0.4, 0.5) is 0 Å². The smallest absolute Gasteiger partial charge is 1.00 e. The molecular weight excluding hydrogens is 194 g/mol. The van der Waals surface area contributed by atoms with E-state index < -0.39 is 6.23 Å². The van der Waals surface area contributed by atoms with E-state index >= 15 is 0 Å². The summed E-state index contributed by atoms with van der Waals surface area (Å²) < 4.78 is 0. The number of rotatable bonds is 3. The first-order chi connectivity index (χ1) is 5.69. The van der Waals surface area contributed by atoms with E-state index in [0.29, 0.717) is 12.3 Å². The van der Waals surface area contributed by atoms with Crippen molar-refractivity contribution < 1.29 is 12.8 Å². The Morgan fingerprint density at radius 3 is 2.85 bits per heavy atom. The molecule has 0 aromatic rings. The third-order valence-electron chi connectivity index (χ3n) is 2.77. The molecular formula is C9H19CaNO2. The van der Waals surface area contributed by atoms with Crippen molar-refractivity contribution in [3.05, 3.63) is 0 Å². The summed E-state index contributed by atoms with van der Waals surface area (Å²) in [7, 11) is 0. The minimum absolute atomic E-state index is 0.